The van der Waals surface area contributed by atoms with Crippen LogP contribution in [0.15, 0.2) is 0 Å². The van der Waals surface area contributed by atoms with Crippen LogP contribution in [0.5, 0.6) is 0 Å². The lowest BCUT2D eigenvalue weighted by molar-refractivity contribution is -0.125. The molecule has 1 aliphatic rings. The van der Waals surface area contributed by atoms with Gasteiger partial charge >= 0.3 is 6.09 Å². The average Bonchev–Trinajstić information content (AvgIpc) is 2.90. The van der Waals surface area contributed by atoms with Gasteiger partial charge in [-0.25, -0.2) is 4.79 Å². The third kappa shape index (κ3) is 4.00. The molecule has 0 aromatic rings. The van der Waals surface area contributed by atoms with E-state index >= 15 is 0 Å². The molecule has 4 heteroatoms. The van der Waals surface area contributed by atoms with Crippen LogP contribution >= 0.6 is 0 Å². The van der Waals surface area contributed by atoms with E-state index in [-0.39, 0.29) is 17.1 Å². The fraction of sp³-hybridized carbons (Fsp3) is 0.857. The molecule has 1 rings (SSSR count). The van der Waals surface area contributed by atoms with E-state index in [0.29, 0.717) is 0 Å². The van der Waals surface area contributed by atoms with Crippen LogP contribution in [0.3, 0.4) is 0 Å². The lowest BCUT2D eigenvalue weighted by Crippen LogP contribution is -2.49. The van der Waals surface area contributed by atoms with E-state index in [1.54, 1.807) is 0 Å². The van der Waals surface area contributed by atoms with Crippen LogP contribution in [0.4, 0.5) is 4.79 Å². The molecule has 1 N–H and O–H groups in total. The van der Waals surface area contributed by atoms with Crippen molar-refractivity contribution in [3.05, 3.63) is 0 Å². The van der Waals surface area contributed by atoms with Gasteiger partial charge in [0.05, 0.1) is 6.04 Å². The Balaban J connectivity index is 2.69. The number of amides is 1. The number of rotatable bonds is 4. The summed E-state index contributed by atoms with van der Waals surface area (Å²) in [6.45, 7) is 11.2. The second-order valence-corrected chi connectivity index (χ2v) is 6.79. The molecule has 1 unspecified atom stereocenters. The summed E-state index contributed by atoms with van der Waals surface area (Å²) in [4.78, 5) is 23.9. The number of hydrogen-bond donors (Lipinski definition) is 1. The Hall–Kier alpha value is -1.06. The Morgan fingerprint density at radius 1 is 1.22 bits per heavy atom. The first-order valence-corrected chi connectivity index (χ1v) is 6.58. The second kappa shape index (κ2) is 4.90. The lowest BCUT2D eigenvalue weighted by atomic mass is 9.89. The number of ketones is 1. The fourth-order valence-electron chi connectivity index (χ4n) is 1.83. The third-order valence-corrected chi connectivity index (χ3v) is 3.25. The number of carbonyl (C=O) groups is 2. The maximum Gasteiger partial charge on any atom is 0.408 e. The normalized spacial score (nSPS) is 19.3. The van der Waals surface area contributed by atoms with E-state index in [4.69, 9.17) is 4.74 Å². The van der Waals surface area contributed by atoms with Crippen LogP contribution in [-0.4, -0.2) is 23.5 Å². The highest BCUT2D eigenvalue weighted by Gasteiger charge is 2.49. The summed E-state index contributed by atoms with van der Waals surface area (Å²) < 4.78 is 5.22. The topological polar surface area (TPSA) is 55.4 Å². The first kappa shape index (κ1) is 15.0. The zero-order chi connectivity index (χ0) is 14.1. The van der Waals surface area contributed by atoms with Crippen LogP contribution < -0.4 is 5.32 Å². The Bertz CT molecular complexity index is 337. The number of ether oxygens (including phenoxy) is 1. The first-order chi connectivity index (χ1) is 8.05. The average molecular weight is 255 g/mol. The molecule has 0 aromatic carbocycles. The zero-order valence-corrected chi connectivity index (χ0v) is 12.3. The Kier molecular flexibility index (Phi) is 4.08. The SMILES string of the molecule is CC(C)C(=O)C(NC(=O)OC(C)(C)C)C1(C)CC1. The molecule has 4 nitrogen and oxygen atoms in total. The van der Waals surface area contributed by atoms with Gasteiger partial charge in [-0.1, -0.05) is 20.8 Å². The van der Waals surface area contributed by atoms with Crippen LogP contribution in [0.2, 0.25) is 0 Å². The van der Waals surface area contributed by atoms with Crippen molar-refractivity contribution in [2.45, 2.75) is 66.0 Å². The van der Waals surface area contributed by atoms with E-state index in [0.717, 1.165) is 12.8 Å². The molecule has 104 valence electrons. The van der Waals surface area contributed by atoms with Gasteiger partial charge in [-0.2, -0.15) is 0 Å². The third-order valence-electron chi connectivity index (χ3n) is 3.25. The summed E-state index contributed by atoms with van der Waals surface area (Å²) in [7, 11) is 0. The highest BCUT2D eigenvalue weighted by Crippen LogP contribution is 2.48. The minimum absolute atomic E-state index is 0.0811. The minimum Gasteiger partial charge on any atom is -0.444 e. The van der Waals surface area contributed by atoms with Gasteiger partial charge in [0.1, 0.15) is 5.60 Å². The summed E-state index contributed by atoms with van der Waals surface area (Å²) >= 11 is 0. The van der Waals surface area contributed by atoms with Crippen LogP contribution in [0.1, 0.15) is 54.4 Å². The number of carbonyl (C=O) groups excluding carboxylic acids is 2. The smallest absolute Gasteiger partial charge is 0.408 e. The molecule has 0 bridgehead atoms. The quantitative estimate of drug-likeness (QED) is 0.840. The Morgan fingerprint density at radius 2 is 1.72 bits per heavy atom. The molecule has 1 fully saturated rings. The zero-order valence-electron chi connectivity index (χ0n) is 12.3. The fourth-order valence-corrected chi connectivity index (χ4v) is 1.83. The van der Waals surface area contributed by atoms with Gasteiger partial charge in [-0.05, 0) is 39.0 Å². The maximum absolute atomic E-state index is 12.2. The predicted molar refractivity (Wildman–Crippen MR) is 70.3 cm³/mol. The van der Waals surface area contributed by atoms with Crippen molar-refractivity contribution in [2.75, 3.05) is 0 Å². The van der Waals surface area contributed by atoms with Crippen LogP contribution in [0, 0.1) is 11.3 Å². The van der Waals surface area contributed by atoms with Gasteiger partial charge in [-0.3, -0.25) is 4.79 Å². The van der Waals surface area contributed by atoms with E-state index in [2.05, 4.69) is 5.32 Å². The predicted octanol–water partition coefficient (Wildman–Crippen LogP) is 2.90. The summed E-state index contributed by atoms with van der Waals surface area (Å²) in [6.07, 6.45) is 1.45. The molecule has 0 saturated heterocycles. The Labute approximate surface area is 109 Å². The molecule has 1 aliphatic carbocycles. The second-order valence-electron chi connectivity index (χ2n) is 6.79. The van der Waals surface area contributed by atoms with Gasteiger partial charge in [0.2, 0.25) is 0 Å². The van der Waals surface area contributed by atoms with Crippen molar-refractivity contribution in [3.8, 4) is 0 Å². The number of nitrogens with one attached hydrogen (secondary N) is 1. The standard InChI is InChI=1S/C14H25NO3/c1-9(2)10(16)11(14(6)7-8-14)15-12(17)18-13(3,4)5/h9,11H,7-8H2,1-6H3,(H,15,17). The first-order valence-electron chi connectivity index (χ1n) is 6.58. The summed E-state index contributed by atoms with van der Waals surface area (Å²) in [5, 5.41) is 2.75. The monoisotopic (exact) mass is 255 g/mol. The summed E-state index contributed by atoms with van der Waals surface area (Å²) in [5.74, 6) is 0.00298. The number of Topliss-reactive ketones (excluding diaryl/α,β-unsaturated/α-hetero) is 1. The van der Waals surface area contributed by atoms with Gasteiger partial charge in [-0.15, -0.1) is 0 Å². The van der Waals surface area contributed by atoms with Gasteiger partial charge < -0.3 is 10.1 Å². The van der Waals surface area contributed by atoms with Crippen LogP contribution in [0.25, 0.3) is 0 Å². The van der Waals surface area contributed by atoms with E-state index in [1.807, 2.05) is 41.5 Å². The van der Waals surface area contributed by atoms with Crippen molar-refractivity contribution in [3.63, 3.8) is 0 Å². The number of hydrogen-bond acceptors (Lipinski definition) is 3. The minimum atomic E-state index is -0.542. The van der Waals surface area contributed by atoms with E-state index in [1.165, 1.54) is 0 Å². The lowest BCUT2D eigenvalue weighted by Gasteiger charge is -2.27. The molecule has 1 atom stereocenters. The molecule has 0 radical (unpaired) electrons. The molecule has 1 amide bonds. The van der Waals surface area contributed by atoms with Gasteiger partial charge in [0.25, 0.3) is 0 Å². The highest BCUT2D eigenvalue weighted by molar-refractivity contribution is 5.90. The van der Waals surface area contributed by atoms with E-state index < -0.39 is 17.7 Å². The molecular formula is C14H25NO3. The van der Waals surface area contributed by atoms with Crippen LogP contribution in [-0.2, 0) is 9.53 Å². The van der Waals surface area contributed by atoms with Crippen molar-refractivity contribution in [1.82, 2.24) is 5.32 Å². The van der Waals surface area contributed by atoms with Gasteiger partial charge in [0, 0.05) is 5.92 Å². The molecular weight excluding hydrogens is 230 g/mol. The van der Waals surface area contributed by atoms with Crippen molar-refractivity contribution >= 4 is 11.9 Å². The molecule has 0 heterocycles. The Morgan fingerprint density at radius 3 is 2.06 bits per heavy atom. The van der Waals surface area contributed by atoms with Crippen molar-refractivity contribution in [1.29, 1.82) is 0 Å². The number of alkyl carbamates (subject to hydrolysis) is 1. The largest absolute Gasteiger partial charge is 0.444 e. The van der Waals surface area contributed by atoms with Gasteiger partial charge in [0.15, 0.2) is 5.78 Å². The maximum atomic E-state index is 12.2. The van der Waals surface area contributed by atoms with Crippen molar-refractivity contribution in [2.24, 2.45) is 11.3 Å². The molecule has 0 spiro atoms. The van der Waals surface area contributed by atoms with Crippen molar-refractivity contribution < 1.29 is 14.3 Å². The summed E-state index contributed by atoms with van der Waals surface area (Å²) in [5.41, 5.74) is -0.627. The molecule has 0 aliphatic heterocycles. The summed E-state index contributed by atoms with van der Waals surface area (Å²) in [6, 6.07) is -0.424. The van der Waals surface area contributed by atoms with E-state index in [9.17, 15) is 9.59 Å². The highest BCUT2D eigenvalue weighted by atomic mass is 16.6. The molecule has 18 heavy (non-hydrogen) atoms. The molecule has 0 aromatic heterocycles. The molecule has 1 saturated carbocycles.